The van der Waals surface area contributed by atoms with Gasteiger partial charge in [0.2, 0.25) is 24.4 Å². The SMILES string of the molecule is C1=[N+](c2ccccc2)Cn2ccnc21. The van der Waals surface area contributed by atoms with E-state index in [9.17, 15) is 0 Å². The Morgan fingerprint density at radius 1 is 1.21 bits per heavy atom. The number of aromatic nitrogens is 2. The van der Waals surface area contributed by atoms with Crippen molar-refractivity contribution in [2.75, 3.05) is 0 Å². The minimum atomic E-state index is 0.860. The number of benzene rings is 1. The van der Waals surface area contributed by atoms with Gasteiger partial charge < -0.3 is 0 Å². The van der Waals surface area contributed by atoms with Crippen LogP contribution in [0.5, 0.6) is 0 Å². The van der Waals surface area contributed by atoms with Gasteiger partial charge in [0.1, 0.15) is 0 Å². The summed E-state index contributed by atoms with van der Waals surface area (Å²) in [6, 6.07) is 10.3. The molecule has 0 saturated heterocycles. The molecule has 0 radical (unpaired) electrons. The fraction of sp³-hybridized carbons (Fsp3) is 0.0909. The van der Waals surface area contributed by atoms with Crippen molar-refractivity contribution < 1.29 is 4.58 Å². The fourth-order valence-corrected chi connectivity index (χ4v) is 1.69. The van der Waals surface area contributed by atoms with E-state index < -0.39 is 0 Å². The molecule has 0 saturated carbocycles. The minimum absolute atomic E-state index is 0.860. The molecule has 1 aliphatic rings. The fourth-order valence-electron chi connectivity index (χ4n) is 1.69. The van der Waals surface area contributed by atoms with Crippen LogP contribution in [0.25, 0.3) is 0 Å². The number of hydrogen-bond donors (Lipinski definition) is 0. The predicted octanol–water partition coefficient (Wildman–Crippen LogP) is 1.62. The van der Waals surface area contributed by atoms with Crippen LogP contribution in [0.2, 0.25) is 0 Å². The van der Waals surface area contributed by atoms with E-state index in [4.69, 9.17) is 0 Å². The zero-order valence-electron chi connectivity index (χ0n) is 7.67. The molecule has 3 heteroatoms. The van der Waals surface area contributed by atoms with E-state index in [0.717, 1.165) is 12.5 Å². The summed E-state index contributed by atoms with van der Waals surface area (Å²) >= 11 is 0. The van der Waals surface area contributed by atoms with Gasteiger partial charge in [-0.3, -0.25) is 4.57 Å². The van der Waals surface area contributed by atoms with Crippen molar-refractivity contribution >= 4 is 11.9 Å². The van der Waals surface area contributed by atoms with Crippen molar-refractivity contribution in [2.45, 2.75) is 6.67 Å². The number of imidazole rings is 1. The molecule has 3 rings (SSSR count). The molecular weight excluding hydrogens is 174 g/mol. The van der Waals surface area contributed by atoms with Gasteiger partial charge in [0.05, 0.1) is 0 Å². The number of nitrogens with zero attached hydrogens (tertiary/aromatic N) is 3. The molecule has 2 aromatic rings. The molecule has 0 fully saturated rings. The third kappa shape index (κ3) is 1.06. The van der Waals surface area contributed by atoms with Crippen LogP contribution in [0, 0.1) is 0 Å². The Hall–Kier alpha value is -1.90. The van der Waals surface area contributed by atoms with Gasteiger partial charge in [-0.25, -0.2) is 4.98 Å². The third-order valence-electron chi connectivity index (χ3n) is 2.41. The van der Waals surface area contributed by atoms with E-state index in [1.807, 2.05) is 30.6 Å². The smallest absolute Gasteiger partial charge is 0.229 e. The first kappa shape index (κ1) is 7.50. The highest BCUT2D eigenvalue weighted by Gasteiger charge is 2.19. The lowest BCUT2D eigenvalue weighted by Crippen LogP contribution is -2.02. The Bertz CT molecular complexity index is 482. The van der Waals surface area contributed by atoms with Crippen molar-refractivity contribution in [1.82, 2.24) is 9.55 Å². The van der Waals surface area contributed by atoms with Gasteiger partial charge in [0, 0.05) is 24.5 Å². The molecule has 68 valence electrons. The molecule has 1 aliphatic heterocycles. The lowest BCUT2D eigenvalue weighted by molar-refractivity contribution is -0.463. The minimum Gasteiger partial charge on any atom is -0.270 e. The Balaban J connectivity index is 2.02. The van der Waals surface area contributed by atoms with Gasteiger partial charge in [-0.2, -0.15) is 4.58 Å². The van der Waals surface area contributed by atoms with Crippen LogP contribution >= 0.6 is 0 Å². The second-order valence-electron chi connectivity index (χ2n) is 3.33. The van der Waals surface area contributed by atoms with Crippen LogP contribution in [-0.4, -0.2) is 20.3 Å². The van der Waals surface area contributed by atoms with Crippen LogP contribution in [0.3, 0.4) is 0 Å². The molecule has 14 heavy (non-hydrogen) atoms. The summed E-state index contributed by atoms with van der Waals surface area (Å²) in [4.78, 5) is 4.24. The van der Waals surface area contributed by atoms with E-state index in [0.29, 0.717) is 0 Å². The van der Waals surface area contributed by atoms with Crippen molar-refractivity contribution in [3.05, 3.63) is 48.5 Å². The third-order valence-corrected chi connectivity index (χ3v) is 2.41. The largest absolute Gasteiger partial charge is 0.270 e. The molecule has 2 heterocycles. The molecule has 0 unspecified atom stereocenters. The summed E-state index contributed by atoms with van der Waals surface area (Å²) in [5.74, 6) is 1.02. The first-order chi connectivity index (χ1) is 6.93. The molecule has 0 N–H and O–H groups in total. The van der Waals surface area contributed by atoms with Gasteiger partial charge >= 0.3 is 0 Å². The standard InChI is InChI=1S/C11H10N3/c1-2-4-10(5-3-1)14-8-11-12-6-7-13(11)9-14/h1-8H,9H2/q+1. The zero-order chi connectivity index (χ0) is 9.38. The summed E-state index contributed by atoms with van der Waals surface area (Å²) in [6.07, 6.45) is 5.89. The lowest BCUT2D eigenvalue weighted by atomic mass is 10.3. The average Bonchev–Trinajstić information content (AvgIpc) is 2.78. The summed E-state index contributed by atoms with van der Waals surface area (Å²) < 4.78 is 4.30. The molecule has 0 atom stereocenters. The van der Waals surface area contributed by atoms with Crippen molar-refractivity contribution in [3.8, 4) is 0 Å². The first-order valence-electron chi connectivity index (χ1n) is 4.61. The van der Waals surface area contributed by atoms with E-state index in [2.05, 4.69) is 32.5 Å². The summed E-state index contributed by atoms with van der Waals surface area (Å²) in [5, 5.41) is 0. The number of hydrogen-bond acceptors (Lipinski definition) is 1. The second kappa shape index (κ2) is 2.80. The summed E-state index contributed by atoms with van der Waals surface area (Å²) in [6.45, 7) is 0.860. The van der Waals surface area contributed by atoms with Crippen LogP contribution in [0.1, 0.15) is 5.82 Å². The number of para-hydroxylation sites is 1. The normalized spacial score (nSPS) is 13.9. The first-order valence-corrected chi connectivity index (χ1v) is 4.61. The van der Waals surface area contributed by atoms with Gasteiger partial charge in [-0.1, -0.05) is 18.2 Å². The average molecular weight is 184 g/mol. The second-order valence-corrected chi connectivity index (χ2v) is 3.33. The molecular formula is C11H10N3+. The Morgan fingerprint density at radius 3 is 2.86 bits per heavy atom. The van der Waals surface area contributed by atoms with E-state index >= 15 is 0 Å². The number of rotatable bonds is 1. The van der Waals surface area contributed by atoms with E-state index in [-0.39, 0.29) is 0 Å². The highest BCUT2D eigenvalue weighted by molar-refractivity contribution is 5.72. The zero-order valence-corrected chi connectivity index (χ0v) is 7.67. The highest BCUT2D eigenvalue weighted by atomic mass is 15.3. The number of fused-ring (bicyclic) bond motifs is 1. The maximum absolute atomic E-state index is 4.24. The Kier molecular flexibility index (Phi) is 1.50. The van der Waals surface area contributed by atoms with Gasteiger partial charge in [-0.05, 0) is 0 Å². The molecule has 3 nitrogen and oxygen atoms in total. The van der Waals surface area contributed by atoms with Crippen molar-refractivity contribution in [3.63, 3.8) is 0 Å². The predicted molar refractivity (Wildman–Crippen MR) is 53.8 cm³/mol. The molecule has 1 aromatic carbocycles. The van der Waals surface area contributed by atoms with Crippen molar-refractivity contribution in [2.24, 2.45) is 0 Å². The van der Waals surface area contributed by atoms with Gasteiger partial charge in [0.15, 0.2) is 0 Å². The molecule has 0 aliphatic carbocycles. The van der Waals surface area contributed by atoms with Gasteiger partial charge in [0.25, 0.3) is 0 Å². The van der Waals surface area contributed by atoms with Crippen LogP contribution in [0.4, 0.5) is 5.69 Å². The summed E-state index contributed by atoms with van der Waals surface area (Å²) in [7, 11) is 0. The van der Waals surface area contributed by atoms with E-state index in [1.54, 1.807) is 0 Å². The van der Waals surface area contributed by atoms with Crippen LogP contribution < -0.4 is 0 Å². The Morgan fingerprint density at radius 2 is 2.07 bits per heavy atom. The van der Waals surface area contributed by atoms with Gasteiger partial charge in [-0.15, -0.1) is 0 Å². The lowest BCUT2D eigenvalue weighted by Gasteiger charge is -1.96. The topological polar surface area (TPSA) is 20.8 Å². The quantitative estimate of drug-likeness (QED) is 0.617. The summed E-state index contributed by atoms with van der Waals surface area (Å²) in [5.41, 5.74) is 1.21. The highest BCUT2D eigenvalue weighted by Crippen LogP contribution is 2.15. The van der Waals surface area contributed by atoms with Crippen molar-refractivity contribution in [1.29, 1.82) is 0 Å². The molecule has 0 spiro atoms. The van der Waals surface area contributed by atoms with E-state index in [1.165, 1.54) is 5.69 Å². The Labute approximate surface area is 82.0 Å². The maximum atomic E-state index is 4.24. The molecule has 0 bridgehead atoms. The maximum Gasteiger partial charge on any atom is 0.229 e. The monoisotopic (exact) mass is 184 g/mol. The molecule has 1 aromatic heterocycles. The molecule has 0 amide bonds. The van der Waals surface area contributed by atoms with Crippen LogP contribution in [-0.2, 0) is 6.67 Å². The van der Waals surface area contributed by atoms with Crippen LogP contribution in [0.15, 0.2) is 42.7 Å².